The van der Waals surface area contributed by atoms with Gasteiger partial charge in [-0.05, 0) is 30.5 Å². The van der Waals surface area contributed by atoms with Gasteiger partial charge in [-0.2, -0.15) is 0 Å². The van der Waals surface area contributed by atoms with Gasteiger partial charge >= 0.3 is 5.69 Å². The minimum absolute atomic E-state index is 0.0826. The van der Waals surface area contributed by atoms with E-state index in [-0.39, 0.29) is 5.69 Å². The van der Waals surface area contributed by atoms with Crippen LogP contribution in [-0.2, 0) is 13.0 Å². The molecule has 0 unspecified atom stereocenters. The first-order chi connectivity index (χ1) is 9.72. The Hall–Kier alpha value is -1.49. The summed E-state index contributed by atoms with van der Waals surface area (Å²) >= 11 is 3.54. The minimum atomic E-state index is 0.0826. The van der Waals surface area contributed by atoms with Crippen LogP contribution in [0, 0.1) is 0 Å². The highest BCUT2D eigenvalue weighted by Gasteiger charge is 2.26. The van der Waals surface area contributed by atoms with E-state index >= 15 is 0 Å². The number of benzene rings is 1. The molecular formula is C15H15BrN2O2. The van der Waals surface area contributed by atoms with Crippen LogP contribution in [0.4, 0.5) is 0 Å². The maximum absolute atomic E-state index is 12.3. The van der Waals surface area contributed by atoms with Crippen LogP contribution in [0.5, 0.6) is 5.75 Å². The number of halogens is 1. The maximum atomic E-state index is 12.3. The molecular weight excluding hydrogens is 320 g/mol. The highest BCUT2D eigenvalue weighted by atomic mass is 79.9. The van der Waals surface area contributed by atoms with Crippen LogP contribution in [0.3, 0.4) is 0 Å². The van der Waals surface area contributed by atoms with Crippen LogP contribution < -0.4 is 10.4 Å². The van der Waals surface area contributed by atoms with E-state index in [1.807, 2.05) is 23.0 Å². The first kappa shape index (κ1) is 12.3. The predicted octanol–water partition coefficient (Wildman–Crippen LogP) is 2.73. The van der Waals surface area contributed by atoms with Crippen LogP contribution in [0.25, 0.3) is 0 Å². The van der Waals surface area contributed by atoms with Crippen molar-refractivity contribution in [2.75, 3.05) is 6.61 Å². The van der Waals surface area contributed by atoms with Crippen LogP contribution >= 0.6 is 15.9 Å². The SMILES string of the molecule is O=c1n(Cc2cc(Br)cc3c2OCC3)ccn1C1CC1. The second-order valence-corrected chi connectivity index (χ2v) is 6.41. The number of imidazole rings is 1. The van der Waals surface area contributed by atoms with Crippen molar-refractivity contribution < 1.29 is 4.74 Å². The summed E-state index contributed by atoms with van der Waals surface area (Å²) in [6.45, 7) is 1.30. The Bertz CT molecular complexity index is 728. The Morgan fingerprint density at radius 1 is 1.30 bits per heavy atom. The second-order valence-electron chi connectivity index (χ2n) is 5.50. The van der Waals surface area contributed by atoms with Gasteiger partial charge in [-0.15, -0.1) is 0 Å². The minimum Gasteiger partial charge on any atom is -0.493 e. The molecule has 0 radical (unpaired) electrons. The predicted molar refractivity (Wildman–Crippen MR) is 79.4 cm³/mol. The molecule has 1 fully saturated rings. The number of nitrogens with zero attached hydrogens (tertiary/aromatic N) is 2. The highest BCUT2D eigenvalue weighted by molar-refractivity contribution is 9.10. The van der Waals surface area contributed by atoms with Gasteiger partial charge in [-0.3, -0.25) is 9.13 Å². The quantitative estimate of drug-likeness (QED) is 0.865. The lowest BCUT2D eigenvalue weighted by molar-refractivity contribution is 0.352. The molecule has 5 heteroatoms. The molecule has 0 saturated heterocycles. The van der Waals surface area contributed by atoms with Crippen molar-refractivity contribution in [2.45, 2.75) is 31.8 Å². The molecule has 1 saturated carbocycles. The van der Waals surface area contributed by atoms with E-state index in [4.69, 9.17) is 4.74 Å². The van der Waals surface area contributed by atoms with Gasteiger partial charge in [-0.1, -0.05) is 15.9 Å². The highest BCUT2D eigenvalue weighted by Crippen LogP contribution is 2.34. The molecule has 4 rings (SSSR count). The summed E-state index contributed by atoms with van der Waals surface area (Å²) in [5.41, 5.74) is 2.38. The summed E-state index contributed by atoms with van der Waals surface area (Å²) in [6, 6.07) is 4.57. The molecule has 0 spiro atoms. The molecule has 2 aromatic rings. The third-order valence-electron chi connectivity index (χ3n) is 3.98. The Kier molecular flexibility index (Phi) is 2.77. The van der Waals surface area contributed by atoms with E-state index in [0.29, 0.717) is 12.6 Å². The van der Waals surface area contributed by atoms with Crippen molar-refractivity contribution >= 4 is 15.9 Å². The lowest BCUT2D eigenvalue weighted by Crippen LogP contribution is -2.24. The van der Waals surface area contributed by atoms with Crippen LogP contribution in [0.2, 0.25) is 0 Å². The number of rotatable bonds is 3. The summed E-state index contributed by atoms with van der Waals surface area (Å²) in [5.74, 6) is 0.958. The third kappa shape index (κ3) is 2.00. The molecule has 0 atom stereocenters. The van der Waals surface area contributed by atoms with Gasteiger partial charge < -0.3 is 4.74 Å². The number of hydrogen-bond acceptors (Lipinski definition) is 2. The van der Waals surface area contributed by atoms with Crippen LogP contribution in [0.1, 0.15) is 30.0 Å². The molecule has 0 amide bonds. The lowest BCUT2D eigenvalue weighted by atomic mass is 10.1. The van der Waals surface area contributed by atoms with Gasteiger partial charge in [0.1, 0.15) is 5.75 Å². The number of ether oxygens (including phenoxy) is 1. The van der Waals surface area contributed by atoms with Crippen molar-refractivity contribution in [3.63, 3.8) is 0 Å². The third-order valence-corrected chi connectivity index (χ3v) is 4.44. The van der Waals surface area contributed by atoms with Gasteiger partial charge in [-0.25, -0.2) is 4.79 Å². The van der Waals surface area contributed by atoms with Crippen LogP contribution in [0.15, 0.2) is 33.8 Å². The van der Waals surface area contributed by atoms with E-state index < -0.39 is 0 Å². The van der Waals surface area contributed by atoms with Gasteiger partial charge in [0.05, 0.1) is 13.2 Å². The lowest BCUT2D eigenvalue weighted by Gasteiger charge is -2.09. The molecule has 4 nitrogen and oxygen atoms in total. The average molecular weight is 335 g/mol. The molecule has 1 aromatic heterocycles. The summed E-state index contributed by atoms with van der Waals surface area (Å²) in [7, 11) is 0. The Labute approximate surface area is 125 Å². The van der Waals surface area contributed by atoms with E-state index in [2.05, 4.69) is 22.0 Å². The molecule has 0 N–H and O–H groups in total. The zero-order valence-electron chi connectivity index (χ0n) is 11.0. The van der Waals surface area contributed by atoms with E-state index in [1.165, 1.54) is 5.56 Å². The number of aromatic nitrogens is 2. The van der Waals surface area contributed by atoms with Gasteiger partial charge in [0, 0.05) is 34.9 Å². The van der Waals surface area contributed by atoms with Crippen molar-refractivity contribution in [3.8, 4) is 5.75 Å². The number of hydrogen-bond donors (Lipinski definition) is 0. The monoisotopic (exact) mass is 334 g/mol. The van der Waals surface area contributed by atoms with Crippen molar-refractivity contribution in [1.82, 2.24) is 9.13 Å². The molecule has 1 aliphatic heterocycles. The second kappa shape index (κ2) is 4.52. The van der Waals surface area contributed by atoms with Crippen molar-refractivity contribution in [3.05, 3.63) is 50.6 Å². The molecule has 2 heterocycles. The largest absolute Gasteiger partial charge is 0.493 e. The molecule has 2 aliphatic rings. The zero-order chi connectivity index (χ0) is 13.7. The smallest absolute Gasteiger partial charge is 0.328 e. The van der Waals surface area contributed by atoms with Crippen molar-refractivity contribution in [2.24, 2.45) is 0 Å². The average Bonchev–Trinajstić information content (AvgIpc) is 3.04. The summed E-state index contributed by atoms with van der Waals surface area (Å²) in [5, 5.41) is 0. The fourth-order valence-electron chi connectivity index (χ4n) is 2.83. The maximum Gasteiger partial charge on any atom is 0.328 e. The normalized spacial score (nSPS) is 17.1. The Morgan fingerprint density at radius 2 is 2.15 bits per heavy atom. The van der Waals surface area contributed by atoms with E-state index in [0.717, 1.165) is 41.7 Å². The fourth-order valence-corrected chi connectivity index (χ4v) is 3.38. The van der Waals surface area contributed by atoms with E-state index in [9.17, 15) is 4.79 Å². The zero-order valence-corrected chi connectivity index (χ0v) is 12.6. The van der Waals surface area contributed by atoms with E-state index in [1.54, 1.807) is 4.57 Å². The van der Waals surface area contributed by atoms with Crippen molar-refractivity contribution in [1.29, 1.82) is 0 Å². The Balaban J connectivity index is 1.71. The summed E-state index contributed by atoms with van der Waals surface area (Å²) in [4.78, 5) is 12.3. The van der Waals surface area contributed by atoms with Gasteiger partial charge in [0.25, 0.3) is 0 Å². The molecule has 104 valence electrons. The van der Waals surface area contributed by atoms with Crippen LogP contribution in [-0.4, -0.2) is 15.7 Å². The topological polar surface area (TPSA) is 36.2 Å². The first-order valence-corrected chi connectivity index (χ1v) is 7.73. The molecule has 1 aliphatic carbocycles. The summed E-state index contributed by atoms with van der Waals surface area (Å²) in [6.07, 6.45) is 6.97. The fraction of sp³-hybridized carbons (Fsp3) is 0.400. The Morgan fingerprint density at radius 3 is 2.95 bits per heavy atom. The number of fused-ring (bicyclic) bond motifs is 1. The standard InChI is InChI=1S/C15H15BrN2O2/c16-12-7-10-3-6-20-14(10)11(8-12)9-17-4-5-18(15(17)19)13-1-2-13/h4-5,7-8,13H,1-3,6,9H2. The molecule has 0 bridgehead atoms. The van der Waals surface area contributed by atoms with Gasteiger partial charge in [0.2, 0.25) is 0 Å². The van der Waals surface area contributed by atoms with Gasteiger partial charge in [0.15, 0.2) is 0 Å². The summed E-state index contributed by atoms with van der Waals surface area (Å²) < 4.78 is 10.4. The molecule has 1 aromatic carbocycles. The first-order valence-electron chi connectivity index (χ1n) is 6.94. The molecule has 20 heavy (non-hydrogen) atoms.